The summed E-state index contributed by atoms with van der Waals surface area (Å²) in [6.07, 6.45) is 4.95. The van der Waals surface area contributed by atoms with Gasteiger partial charge >= 0.3 is 0 Å². The molecule has 1 N–H and O–H groups in total. The number of aryl methyl sites for hydroxylation is 3. The number of hydrogen-bond donors (Lipinski definition) is 1. The van der Waals surface area contributed by atoms with Crippen LogP contribution in [0.25, 0.3) is 21.1 Å². The van der Waals surface area contributed by atoms with Crippen molar-refractivity contribution in [1.29, 1.82) is 0 Å². The number of rotatable bonds is 8. The summed E-state index contributed by atoms with van der Waals surface area (Å²) in [7, 11) is 0. The Labute approximate surface area is 197 Å². The zero-order valence-corrected chi connectivity index (χ0v) is 19.6. The van der Waals surface area contributed by atoms with Gasteiger partial charge in [0.2, 0.25) is 5.13 Å². The van der Waals surface area contributed by atoms with Crippen molar-refractivity contribution in [2.75, 3.05) is 12.0 Å². The Morgan fingerprint density at radius 3 is 2.67 bits per heavy atom. The van der Waals surface area contributed by atoms with Gasteiger partial charge in [-0.2, -0.15) is 5.10 Å². The van der Waals surface area contributed by atoms with Crippen molar-refractivity contribution in [3.8, 4) is 5.75 Å². The highest BCUT2D eigenvalue weighted by molar-refractivity contribution is 7.22. The molecular weight excluding hydrogens is 428 g/mol. The largest absolute Gasteiger partial charge is 0.494 e. The van der Waals surface area contributed by atoms with Gasteiger partial charge in [0.05, 0.1) is 23.0 Å². The molecule has 0 fully saturated rings. The predicted molar refractivity (Wildman–Crippen MR) is 139 cm³/mol. The lowest BCUT2D eigenvalue weighted by Gasteiger charge is -2.09. The minimum atomic E-state index is 0.679. The van der Waals surface area contributed by atoms with Crippen LogP contribution in [0.4, 0.5) is 5.13 Å². The van der Waals surface area contributed by atoms with Crippen LogP contribution in [0.1, 0.15) is 23.1 Å². The minimum Gasteiger partial charge on any atom is -0.494 e. The summed E-state index contributed by atoms with van der Waals surface area (Å²) in [4.78, 5) is 4.57. The maximum atomic E-state index is 5.99. The van der Waals surface area contributed by atoms with Gasteiger partial charge in [0.1, 0.15) is 5.75 Å². The van der Waals surface area contributed by atoms with E-state index in [2.05, 4.69) is 88.7 Å². The summed E-state index contributed by atoms with van der Waals surface area (Å²) in [5.74, 6) is 0.943. The van der Waals surface area contributed by atoms with Crippen molar-refractivity contribution >= 4 is 43.8 Å². The van der Waals surface area contributed by atoms with Gasteiger partial charge in [-0.25, -0.2) is 4.98 Å². The lowest BCUT2D eigenvalue weighted by atomic mass is 10.1. The van der Waals surface area contributed by atoms with Crippen molar-refractivity contribution in [3.63, 3.8) is 0 Å². The SMILES string of the molecule is Cc1cc(C)cc(OCCCn2cc(/C=N/Nc3nc4ccccc4s3)c3ccccc32)c1. The number of aromatic nitrogens is 2. The maximum Gasteiger partial charge on any atom is 0.204 e. The first-order valence-corrected chi connectivity index (χ1v) is 11.9. The zero-order chi connectivity index (χ0) is 22.6. The van der Waals surface area contributed by atoms with Crippen LogP contribution in [0.15, 0.2) is 78.0 Å². The number of thiazole rings is 1. The quantitative estimate of drug-likeness (QED) is 0.160. The molecule has 0 unspecified atom stereocenters. The highest BCUT2D eigenvalue weighted by atomic mass is 32.1. The average Bonchev–Trinajstić information content (AvgIpc) is 3.37. The Kier molecular flexibility index (Phi) is 6.09. The van der Waals surface area contributed by atoms with E-state index in [-0.39, 0.29) is 0 Å². The van der Waals surface area contributed by atoms with E-state index in [1.807, 2.05) is 24.4 Å². The molecule has 5 aromatic rings. The Hall–Kier alpha value is -3.64. The molecule has 0 aliphatic carbocycles. The Balaban J connectivity index is 1.25. The summed E-state index contributed by atoms with van der Waals surface area (Å²) >= 11 is 1.60. The third kappa shape index (κ3) is 4.91. The first-order chi connectivity index (χ1) is 16.2. The van der Waals surface area contributed by atoms with Gasteiger partial charge in [-0.15, -0.1) is 0 Å². The average molecular weight is 455 g/mol. The van der Waals surface area contributed by atoms with Crippen molar-refractivity contribution in [2.45, 2.75) is 26.8 Å². The number of ether oxygens (including phenoxy) is 1. The summed E-state index contributed by atoms with van der Waals surface area (Å²) in [6.45, 7) is 5.75. The number of anilines is 1. The minimum absolute atomic E-state index is 0.679. The molecule has 0 radical (unpaired) electrons. The number of para-hydroxylation sites is 2. The van der Waals surface area contributed by atoms with Crippen LogP contribution in [-0.4, -0.2) is 22.4 Å². The lowest BCUT2D eigenvalue weighted by molar-refractivity contribution is 0.302. The second kappa shape index (κ2) is 9.46. The fourth-order valence-electron chi connectivity index (χ4n) is 4.08. The molecule has 0 atom stereocenters. The van der Waals surface area contributed by atoms with Crippen molar-refractivity contribution < 1.29 is 4.74 Å². The third-order valence-corrected chi connectivity index (χ3v) is 6.43. The van der Waals surface area contributed by atoms with Gasteiger partial charge < -0.3 is 9.30 Å². The van der Waals surface area contributed by atoms with E-state index in [9.17, 15) is 0 Å². The van der Waals surface area contributed by atoms with Gasteiger partial charge in [-0.3, -0.25) is 5.43 Å². The van der Waals surface area contributed by atoms with E-state index >= 15 is 0 Å². The third-order valence-electron chi connectivity index (χ3n) is 5.48. The van der Waals surface area contributed by atoms with E-state index < -0.39 is 0 Å². The number of benzene rings is 3. The fourth-order valence-corrected chi connectivity index (χ4v) is 4.90. The van der Waals surface area contributed by atoms with E-state index in [4.69, 9.17) is 4.74 Å². The van der Waals surface area contributed by atoms with Gasteiger partial charge in [0.25, 0.3) is 0 Å². The molecule has 0 aliphatic rings. The Morgan fingerprint density at radius 1 is 1.03 bits per heavy atom. The van der Waals surface area contributed by atoms with E-state index in [0.29, 0.717) is 6.61 Å². The molecule has 2 aromatic heterocycles. The molecule has 3 aromatic carbocycles. The number of hydrogen-bond acceptors (Lipinski definition) is 5. The second-order valence-corrected chi connectivity index (χ2v) is 9.21. The topological polar surface area (TPSA) is 51.4 Å². The number of hydrazone groups is 1. The summed E-state index contributed by atoms with van der Waals surface area (Å²) in [5, 5.41) is 6.43. The van der Waals surface area contributed by atoms with Gasteiger partial charge in [0.15, 0.2) is 0 Å². The standard InChI is InChI=1S/C27H26N4OS/c1-19-14-20(2)16-22(15-19)32-13-7-12-31-18-21(23-8-3-5-10-25(23)31)17-28-30-27-29-24-9-4-6-11-26(24)33-27/h3-6,8-11,14-18H,7,12-13H2,1-2H3,(H,29,30)/b28-17+. The molecule has 33 heavy (non-hydrogen) atoms. The number of fused-ring (bicyclic) bond motifs is 2. The molecule has 0 saturated carbocycles. The summed E-state index contributed by atoms with van der Waals surface area (Å²) in [5.41, 5.74) is 8.80. The second-order valence-electron chi connectivity index (χ2n) is 8.18. The van der Waals surface area contributed by atoms with E-state index in [0.717, 1.165) is 39.6 Å². The molecule has 0 spiro atoms. The monoisotopic (exact) mass is 454 g/mol. The molecule has 5 nitrogen and oxygen atoms in total. The Morgan fingerprint density at radius 2 is 1.82 bits per heavy atom. The van der Waals surface area contributed by atoms with Gasteiger partial charge in [-0.05, 0) is 61.7 Å². The molecule has 5 rings (SSSR count). The van der Waals surface area contributed by atoms with Crippen molar-refractivity contribution in [1.82, 2.24) is 9.55 Å². The highest BCUT2D eigenvalue weighted by Gasteiger charge is 2.07. The molecule has 0 amide bonds. The maximum absolute atomic E-state index is 5.99. The number of nitrogens with zero attached hydrogens (tertiary/aromatic N) is 3. The van der Waals surface area contributed by atoms with Crippen LogP contribution in [0.5, 0.6) is 5.75 Å². The highest BCUT2D eigenvalue weighted by Crippen LogP contribution is 2.25. The van der Waals surface area contributed by atoms with Crippen molar-refractivity contribution in [3.05, 3.63) is 89.6 Å². The van der Waals surface area contributed by atoms with E-state index in [1.54, 1.807) is 11.3 Å². The fraction of sp³-hybridized carbons (Fsp3) is 0.185. The van der Waals surface area contributed by atoms with Crippen LogP contribution >= 0.6 is 11.3 Å². The lowest BCUT2D eigenvalue weighted by Crippen LogP contribution is -2.04. The van der Waals surface area contributed by atoms with Crippen LogP contribution in [-0.2, 0) is 6.54 Å². The molecule has 166 valence electrons. The van der Waals surface area contributed by atoms with Crippen LogP contribution < -0.4 is 10.2 Å². The summed E-state index contributed by atoms with van der Waals surface area (Å²) < 4.78 is 9.42. The van der Waals surface area contributed by atoms with Crippen LogP contribution in [0.3, 0.4) is 0 Å². The first-order valence-electron chi connectivity index (χ1n) is 11.1. The zero-order valence-electron chi connectivity index (χ0n) is 18.8. The normalized spacial score (nSPS) is 11.6. The number of nitrogens with one attached hydrogen (secondary N) is 1. The van der Waals surface area contributed by atoms with Gasteiger partial charge in [-0.1, -0.05) is 47.7 Å². The summed E-state index contributed by atoms with van der Waals surface area (Å²) in [6, 6.07) is 22.9. The first kappa shape index (κ1) is 21.2. The molecule has 2 heterocycles. The molecule has 0 saturated heterocycles. The van der Waals surface area contributed by atoms with Crippen LogP contribution in [0, 0.1) is 13.8 Å². The van der Waals surface area contributed by atoms with Gasteiger partial charge in [0, 0.05) is 29.2 Å². The Bertz CT molecular complexity index is 1380. The molecule has 0 bridgehead atoms. The smallest absolute Gasteiger partial charge is 0.204 e. The van der Waals surface area contributed by atoms with Crippen molar-refractivity contribution in [2.24, 2.45) is 5.10 Å². The molecule has 0 aliphatic heterocycles. The van der Waals surface area contributed by atoms with Crippen LogP contribution in [0.2, 0.25) is 0 Å². The predicted octanol–water partition coefficient (Wildman–Crippen LogP) is 6.78. The molecular formula is C27H26N4OS. The molecule has 6 heteroatoms. The van der Waals surface area contributed by atoms with E-state index in [1.165, 1.54) is 22.0 Å².